The molecule has 9 nitrogen and oxygen atoms in total. The number of hydrogen-bond acceptors (Lipinski definition) is 7. The van der Waals surface area contributed by atoms with E-state index >= 15 is 0 Å². The molecule has 27 heavy (non-hydrogen) atoms. The molecule has 1 aliphatic heterocycles. The third kappa shape index (κ3) is 3.87. The summed E-state index contributed by atoms with van der Waals surface area (Å²) in [5.74, 6) is 0.466. The minimum atomic E-state index is -0.494. The molecule has 1 atom stereocenters. The van der Waals surface area contributed by atoms with Gasteiger partial charge in [0.15, 0.2) is 17.1 Å². The first-order valence-electron chi connectivity index (χ1n) is 8.72. The quantitative estimate of drug-likeness (QED) is 0.578. The van der Waals surface area contributed by atoms with Crippen LogP contribution in [-0.2, 0) is 19.8 Å². The first-order valence-corrected chi connectivity index (χ1v) is 9.70. The van der Waals surface area contributed by atoms with Crippen molar-refractivity contribution in [1.29, 1.82) is 0 Å². The van der Waals surface area contributed by atoms with Gasteiger partial charge in [0, 0.05) is 26.4 Å². The monoisotopic (exact) mass is 395 g/mol. The Morgan fingerprint density at radius 3 is 2.74 bits per heavy atom. The van der Waals surface area contributed by atoms with Crippen LogP contribution in [0.4, 0.5) is 0 Å². The number of carbonyl (C=O) groups is 1. The van der Waals surface area contributed by atoms with Gasteiger partial charge in [0.1, 0.15) is 5.39 Å². The average Bonchev–Trinajstić information content (AvgIpc) is 3.20. The lowest BCUT2D eigenvalue weighted by Crippen LogP contribution is -2.36. The van der Waals surface area contributed by atoms with Gasteiger partial charge in [-0.3, -0.25) is 14.2 Å². The van der Waals surface area contributed by atoms with Crippen LogP contribution in [0, 0.1) is 0 Å². The lowest BCUT2D eigenvalue weighted by Gasteiger charge is -2.20. The van der Waals surface area contributed by atoms with Crippen molar-refractivity contribution in [2.75, 3.05) is 26.5 Å². The first-order chi connectivity index (χ1) is 12.8. The molecule has 10 heteroatoms. The Morgan fingerprint density at radius 1 is 1.41 bits per heavy atom. The Labute approximate surface area is 161 Å². The van der Waals surface area contributed by atoms with Crippen molar-refractivity contribution < 1.29 is 14.3 Å². The number of carbonyl (C=O) groups excluding carboxylic acids is 1. The number of nitrogens with zero attached hydrogens (tertiary/aromatic N) is 4. The maximum absolute atomic E-state index is 13.0. The molecule has 0 bridgehead atoms. The van der Waals surface area contributed by atoms with Crippen LogP contribution in [0.2, 0.25) is 0 Å². The van der Waals surface area contributed by atoms with E-state index in [0.29, 0.717) is 21.9 Å². The number of hydrogen-bond donors (Lipinski definition) is 1. The molecule has 2 aromatic heterocycles. The Hall–Kier alpha value is -1.91. The van der Waals surface area contributed by atoms with Crippen LogP contribution in [0.25, 0.3) is 11.0 Å². The van der Waals surface area contributed by atoms with Crippen LogP contribution in [0.1, 0.15) is 33.2 Å². The van der Waals surface area contributed by atoms with E-state index in [0.717, 1.165) is 0 Å². The van der Waals surface area contributed by atoms with E-state index in [1.165, 1.54) is 26.0 Å². The molecule has 1 amide bonds. The third-order valence-corrected chi connectivity index (χ3v) is 5.52. The van der Waals surface area contributed by atoms with Crippen molar-refractivity contribution in [2.24, 2.45) is 0 Å². The first kappa shape index (κ1) is 19.8. The highest BCUT2D eigenvalue weighted by Gasteiger charge is 2.30. The Kier molecular flexibility index (Phi) is 5.59. The maximum Gasteiger partial charge on any atom is 0.265 e. The second-order valence-electron chi connectivity index (χ2n) is 7.41. The van der Waals surface area contributed by atoms with E-state index in [2.05, 4.69) is 15.4 Å². The summed E-state index contributed by atoms with van der Waals surface area (Å²) in [5.41, 5.74) is 0.154. The van der Waals surface area contributed by atoms with Crippen LogP contribution in [0.15, 0.2) is 16.1 Å². The summed E-state index contributed by atoms with van der Waals surface area (Å²) < 4.78 is 13.5. The molecular weight excluding hydrogens is 370 g/mol. The van der Waals surface area contributed by atoms with Crippen LogP contribution in [-0.4, -0.2) is 58.0 Å². The van der Waals surface area contributed by atoms with Crippen LogP contribution >= 0.6 is 11.8 Å². The Balaban J connectivity index is 1.83. The molecule has 0 saturated heterocycles. The Morgan fingerprint density at radius 2 is 2.11 bits per heavy atom. The summed E-state index contributed by atoms with van der Waals surface area (Å²) in [6.45, 7) is 6.29. The molecule has 0 aromatic carbocycles. The van der Waals surface area contributed by atoms with E-state index in [1.807, 2.05) is 20.8 Å². The number of rotatable bonds is 6. The second-order valence-corrected chi connectivity index (χ2v) is 8.40. The van der Waals surface area contributed by atoms with Crippen LogP contribution in [0.3, 0.4) is 0 Å². The standard InChI is InChI=1S/C17H25N5O4S/c1-17(2,3)22-14-11(7-19-22)15(24)21-10(9-27-16(21)20-14)6-12(23)18-8-13(25-4)26-5/h7,10,13H,6,8-9H2,1-5H3,(H,18,23). The SMILES string of the molecule is COC(CNC(=O)CC1CSc2nc3c(cnn3C(C)(C)C)c(=O)n21)OC. The lowest BCUT2D eigenvalue weighted by molar-refractivity contribution is -0.128. The van der Waals surface area contributed by atoms with Crippen molar-refractivity contribution in [3.05, 3.63) is 16.6 Å². The van der Waals surface area contributed by atoms with Crippen molar-refractivity contribution in [2.45, 2.75) is 50.2 Å². The molecule has 3 heterocycles. The van der Waals surface area contributed by atoms with Gasteiger partial charge in [-0.15, -0.1) is 0 Å². The van der Waals surface area contributed by atoms with Crippen LogP contribution < -0.4 is 10.9 Å². The molecule has 1 aliphatic rings. The summed E-state index contributed by atoms with van der Waals surface area (Å²) in [6, 6.07) is -0.240. The molecule has 3 rings (SSSR count). The van der Waals surface area contributed by atoms with Crippen LogP contribution in [0.5, 0.6) is 0 Å². The average molecular weight is 395 g/mol. The van der Waals surface area contributed by atoms with Gasteiger partial charge >= 0.3 is 0 Å². The molecule has 2 aromatic rings. The molecule has 148 valence electrons. The number of ether oxygens (including phenoxy) is 2. The van der Waals surface area contributed by atoms with Gasteiger partial charge in [-0.1, -0.05) is 11.8 Å². The number of fused-ring (bicyclic) bond motifs is 2. The number of nitrogens with one attached hydrogen (secondary N) is 1. The second kappa shape index (κ2) is 7.61. The van der Waals surface area contributed by atoms with Crippen molar-refractivity contribution in [3.8, 4) is 0 Å². The fraction of sp³-hybridized carbons (Fsp3) is 0.647. The maximum atomic E-state index is 13.0. The zero-order valence-electron chi connectivity index (χ0n) is 16.2. The molecule has 0 radical (unpaired) electrons. The summed E-state index contributed by atoms with van der Waals surface area (Å²) in [6.07, 6.45) is 1.26. The minimum absolute atomic E-state index is 0.153. The lowest BCUT2D eigenvalue weighted by atomic mass is 10.1. The summed E-state index contributed by atoms with van der Waals surface area (Å²) in [7, 11) is 3.02. The molecule has 0 spiro atoms. The zero-order chi connectivity index (χ0) is 19.8. The molecule has 0 fully saturated rings. The van der Waals surface area contributed by atoms with Gasteiger partial charge in [-0.2, -0.15) is 5.10 Å². The molecule has 1 unspecified atom stereocenters. The van der Waals surface area contributed by atoms with Crippen molar-refractivity contribution in [3.63, 3.8) is 0 Å². The van der Waals surface area contributed by atoms with Gasteiger partial charge in [-0.25, -0.2) is 9.67 Å². The van der Waals surface area contributed by atoms with Crippen molar-refractivity contribution >= 4 is 28.7 Å². The fourth-order valence-corrected chi connectivity index (χ4v) is 4.15. The highest BCUT2D eigenvalue weighted by molar-refractivity contribution is 7.99. The minimum Gasteiger partial charge on any atom is -0.354 e. The molecule has 0 aliphatic carbocycles. The van der Waals surface area contributed by atoms with E-state index in [9.17, 15) is 9.59 Å². The van der Waals surface area contributed by atoms with Gasteiger partial charge in [0.2, 0.25) is 5.91 Å². The number of thioether (sulfide) groups is 1. The van der Waals surface area contributed by atoms with Gasteiger partial charge in [0.25, 0.3) is 5.56 Å². The number of methoxy groups -OCH3 is 2. The van der Waals surface area contributed by atoms with Gasteiger partial charge < -0.3 is 14.8 Å². The number of amides is 1. The molecule has 1 N–H and O–H groups in total. The topological polar surface area (TPSA) is 100 Å². The van der Waals surface area contributed by atoms with E-state index in [1.54, 1.807) is 15.4 Å². The smallest absolute Gasteiger partial charge is 0.265 e. The van der Waals surface area contributed by atoms with Gasteiger partial charge in [0.05, 0.1) is 24.3 Å². The Bertz CT molecular complexity index is 897. The highest BCUT2D eigenvalue weighted by atomic mass is 32.2. The van der Waals surface area contributed by atoms with E-state index < -0.39 is 6.29 Å². The van der Waals surface area contributed by atoms with Crippen molar-refractivity contribution in [1.82, 2.24) is 24.6 Å². The molecular formula is C17H25N5O4S. The zero-order valence-corrected chi connectivity index (χ0v) is 17.0. The summed E-state index contributed by atoms with van der Waals surface area (Å²) in [5, 5.41) is 8.22. The number of aromatic nitrogens is 4. The largest absolute Gasteiger partial charge is 0.354 e. The summed E-state index contributed by atoms with van der Waals surface area (Å²) >= 11 is 1.48. The predicted octanol–water partition coefficient (Wildman–Crippen LogP) is 1.12. The van der Waals surface area contributed by atoms with Gasteiger partial charge in [-0.05, 0) is 20.8 Å². The molecule has 0 saturated carbocycles. The van der Waals surface area contributed by atoms with E-state index in [-0.39, 0.29) is 36.0 Å². The highest BCUT2D eigenvalue weighted by Crippen LogP contribution is 2.33. The van der Waals surface area contributed by atoms with E-state index in [4.69, 9.17) is 9.47 Å². The fourth-order valence-electron chi connectivity index (χ4n) is 3.02. The third-order valence-electron chi connectivity index (χ3n) is 4.42. The predicted molar refractivity (Wildman–Crippen MR) is 102 cm³/mol. The summed E-state index contributed by atoms with van der Waals surface area (Å²) in [4.78, 5) is 29.9. The normalized spacial score (nSPS) is 16.9.